The van der Waals surface area contributed by atoms with Gasteiger partial charge >= 0.3 is 0 Å². The zero-order chi connectivity index (χ0) is 19.1. The van der Waals surface area contributed by atoms with Crippen LogP contribution in [0, 0.1) is 0 Å². The summed E-state index contributed by atoms with van der Waals surface area (Å²) in [4.78, 5) is 11.7. The molecule has 6 heteroatoms. The fourth-order valence-electron chi connectivity index (χ4n) is 4.12. The molecule has 0 spiro atoms. The number of piperidine rings is 1. The molecule has 27 heavy (non-hydrogen) atoms. The van der Waals surface area contributed by atoms with E-state index in [-0.39, 0.29) is 0 Å². The van der Waals surface area contributed by atoms with E-state index in [0.717, 1.165) is 32.1 Å². The summed E-state index contributed by atoms with van der Waals surface area (Å²) < 4.78 is 0. The van der Waals surface area contributed by atoms with Crippen molar-refractivity contribution in [2.24, 2.45) is 4.99 Å². The second-order valence-corrected chi connectivity index (χ2v) is 8.92. The minimum atomic E-state index is 0.472. The van der Waals surface area contributed by atoms with Crippen LogP contribution >= 0.6 is 11.3 Å². The van der Waals surface area contributed by atoms with Crippen LogP contribution in [0.2, 0.25) is 0 Å². The van der Waals surface area contributed by atoms with Crippen molar-refractivity contribution < 1.29 is 0 Å². The maximum absolute atomic E-state index is 4.92. The maximum Gasteiger partial charge on any atom is 0.191 e. The number of fused-ring (bicyclic) bond motifs is 1. The predicted molar refractivity (Wildman–Crippen MR) is 117 cm³/mol. The summed E-state index contributed by atoms with van der Waals surface area (Å²) in [5.41, 5.74) is 1.52. The summed E-state index contributed by atoms with van der Waals surface area (Å²) in [5.74, 6) is 0.992. The summed E-state index contributed by atoms with van der Waals surface area (Å²) in [6, 6.07) is 3.31. The molecule has 3 heterocycles. The first kappa shape index (κ1) is 20.6. The van der Waals surface area contributed by atoms with Crippen molar-refractivity contribution in [3.05, 3.63) is 21.9 Å². The Balaban J connectivity index is 1.48. The van der Waals surface area contributed by atoms with Crippen LogP contribution in [0.4, 0.5) is 0 Å². The van der Waals surface area contributed by atoms with E-state index in [2.05, 4.69) is 52.7 Å². The third kappa shape index (κ3) is 5.93. The van der Waals surface area contributed by atoms with Gasteiger partial charge in [-0.05, 0) is 63.1 Å². The van der Waals surface area contributed by atoms with E-state index in [1.54, 1.807) is 4.88 Å². The molecule has 1 atom stereocenters. The average molecular weight is 392 g/mol. The monoisotopic (exact) mass is 391 g/mol. The molecular weight excluding hydrogens is 354 g/mol. The number of hydrogen-bond donors (Lipinski definition) is 2. The minimum Gasteiger partial charge on any atom is -0.357 e. The molecule has 1 aromatic heterocycles. The van der Waals surface area contributed by atoms with Crippen LogP contribution in [-0.2, 0) is 13.0 Å². The number of thiophene rings is 1. The normalized spacial score (nSPS) is 21.1. The van der Waals surface area contributed by atoms with Gasteiger partial charge in [0.25, 0.3) is 0 Å². The third-order valence-corrected chi connectivity index (χ3v) is 6.81. The maximum atomic E-state index is 4.92. The Labute approximate surface area is 169 Å². The first-order chi connectivity index (χ1) is 13.2. The van der Waals surface area contributed by atoms with Crippen molar-refractivity contribution >= 4 is 17.3 Å². The summed E-state index contributed by atoms with van der Waals surface area (Å²) in [6.07, 6.45) is 4.87. The van der Waals surface area contributed by atoms with Gasteiger partial charge in [0.1, 0.15) is 0 Å². The lowest BCUT2D eigenvalue weighted by molar-refractivity contribution is 0.196. The SMILES string of the molecule is CCCN1CCC(NC(=NCC(C)N2CCc3sccc3C2)NCC)CC1. The highest BCUT2D eigenvalue weighted by Crippen LogP contribution is 2.25. The quantitative estimate of drug-likeness (QED) is 0.554. The molecule has 0 saturated carbocycles. The fourth-order valence-corrected chi connectivity index (χ4v) is 5.01. The molecule has 0 bridgehead atoms. The van der Waals surface area contributed by atoms with Gasteiger partial charge in [-0.3, -0.25) is 9.89 Å². The smallest absolute Gasteiger partial charge is 0.191 e. The second-order valence-electron chi connectivity index (χ2n) is 7.92. The van der Waals surface area contributed by atoms with Gasteiger partial charge < -0.3 is 15.5 Å². The zero-order valence-electron chi connectivity index (χ0n) is 17.3. The van der Waals surface area contributed by atoms with E-state index >= 15 is 0 Å². The molecule has 152 valence electrons. The van der Waals surface area contributed by atoms with Crippen molar-refractivity contribution in [1.82, 2.24) is 20.4 Å². The summed E-state index contributed by atoms with van der Waals surface area (Å²) in [7, 11) is 0. The van der Waals surface area contributed by atoms with Crippen molar-refractivity contribution in [3.8, 4) is 0 Å². The van der Waals surface area contributed by atoms with E-state index in [1.807, 2.05) is 11.3 Å². The van der Waals surface area contributed by atoms with Gasteiger partial charge in [0.05, 0.1) is 6.54 Å². The number of aliphatic imine (C=N–C) groups is 1. The molecule has 2 aliphatic rings. The van der Waals surface area contributed by atoms with E-state index < -0.39 is 0 Å². The first-order valence-electron chi connectivity index (χ1n) is 10.8. The Morgan fingerprint density at radius 1 is 1.30 bits per heavy atom. The van der Waals surface area contributed by atoms with Gasteiger partial charge in [-0.25, -0.2) is 0 Å². The number of hydrogen-bond acceptors (Lipinski definition) is 4. The molecule has 0 aromatic carbocycles. The Bertz CT molecular complexity index is 591. The molecule has 5 nitrogen and oxygen atoms in total. The standard InChI is InChI=1S/C21H37N5S/c1-4-10-25-11-6-19(7-12-25)24-21(22-5-2)23-15-17(3)26-13-8-20-18(16-26)9-14-27-20/h9,14,17,19H,4-8,10-13,15-16H2,1-3H3,(H2,22,23,24). The van der Waals surface area contributed by atoms with E-state index in [0.29, 0.717) is 12.1 Å². The van der Waals surface area contributed by atoms with Gasteiger partial charge in [-0.1, -0.05) is 6.92 Å². The first-order valence-corrected chi connectivity index (χ1v) is 11.6. The van der Waals surface area contributed by atoms with Crippen LogP contribution in [0.25, 0.3) is 0 Å². The Hall–Kier alpha value is -1.11. The average Bonchev–Trinajstić information content (AvgIpc) is 3.15. The Morgan fingerprint density at radius 3 is 2.85 bits per heavy atom. The lowest BCUT2D eigenvalue weighted by Gasteiger charge is -2.33. The van der Waals surface area contributed by atoms with Crippen molar-refractivity contribution in [2.45, 2.75) is 65.1 Å². The molecule has 2 N–H and O–H groups in total. The molecule has 3 rings (SSSR count). The number of rotatable bonds is 7. The summed E-state index contributed by atoms with van der Waals surface area (Å²) >= 11 is 1.91. The zero-order valence-corrected chi connectivity index (χ0v) is 18.2. The van der Waals surface area contributed by atoms with Gasteiger partial charge in [0.2, 0.25) is 0 Å². The molecule has 1 fully saturated rings. The number of guanidine groups is 1. The largest absolute Gasteiger partial charge is 0.357 e. The highest BCUT2D eigenvalue weighted by atomic mass is 32.1. The van der Waals surface area contributed by atoms with Crippen LogP contribution in [0.1, 0.15) is 50.5 Å². The molecule has 1 aromatic rings. The molecule has 0 amide bonds. The van der Waals surface area contributed by atoms with Gasteiger partial charge in [0.15, 0.2) is 5.96 Å². The van der Waals surface area contributed by atoms with E-state index in [4.69, 9.17) is 4.99 Å². The third-order valence-electron chi connectivity index (χ3n) is 5.79. The van der Waals surface area contributed by atoms with Crippen LogP contribution in [0.3, 0.4) is 0 Å². The molecule has 2 aliphatic heterocycles. The Morgan fingerprint density at radius 2 is 2.11 bits per heavy atom. The number of likely N-dealkylation sites (tertiary alicyclic amines) is 1. The van der Waals surface area contributed by atoms with Crippen molar-refractivity contribution in [3.63, 3.8) is 0 Å². The number of nitrogens with zero attached hydrogens (tertiary/aromatic N) is 3. The van der Waals surface area contributed by atoms with Gasteiger partial charge in [0, 0.05) is 49.7 Å². The van der Waals surface area contributed by atoms with Crippen molar-refractivity contribution in [2.75, 3.05) is 39.3 Å². The van der Waals surface area contributed by atoms with Crippen LogP contribution in [0.15, 0.2) is 16.4 Å². The minimum absolute atomic E-state index is 0.472. The van der Waals surface area contributed by atoms with Crippen LogP contribution < -0.4 is 10.6 Å². The van der Waals surface area contributed by atoms with Crippen LogP contribution in [-0.4, -0.2) is 67.1 Å². The molecular formula is C21H37N5S. The highest BCUT2D eigenvalue weighted by Gasteiger charge is 2.22. The van der Waals surface area contributed by atoms with E-state index in [9.17, 15) is 0 Å². The predicted octanol–water partition coefficient (Wildman–Crippen LogP) is 2.92. The van der Waals surface area contributed by atoms with Gasteiger partial charge in [-0.2, -0.15) is 0 Å². The van der Waals surface area contributed by atoms with E-state index in [1.165, 1.54) is 50.9 Å². The second kappa shape index (κ2) is 10.4. The lowest BCUT2D eigenvalue weighted by Crippen LogP contribution is -2.49. The molecule has 0 aliphatic carbocycles. The fraction of sp³-hybridized carbons (Fsp3) is 0.762. The highest BCUT2D eigenvalue weighted by molar-refractivity contribution is 7.10. The lowest BCUT2D eigenvalue weighted by atomic mass is 10.1. The van der Waals surface area contributed by atoms with Crippen LogP contribution in [0.5, 0.6) is 0 Å². The number of nitrogens with one attached hydrogen (secondary N) is 2. The van der Waals surface area contributed by atoms with Crippen molar-refractivity contribution in [1.29, 1.82) is 0 Å². The summed E-state index contributed by atoms with van der Waals surface area (Å²) in [6.45, 7) is 14.4. The molecule has 1 unspecified atom stereocenters. The molecule has 1 saturated heterocycles. The summed E-state index contributed by atoms with van der Waals surface area (Å²) in [5, 5.41) is 9.36. The van der Waals surface area contributed by atoms with Gasteiger partial charge in [-0.15, -0.1) is 11.3 Å². The topological polar surface area (TPSA) is 42.9 Å². The Kier molecular flexibility index (Phi) is 7.97. The molecule has 0 radical (unpaired) electrons.